The fourth-order valence-electron chi connectivity index (χ4n) is 2.00. The molecule has 1 aromatic rings. The van der Waals surface area contributed by atoms with E-state index in [4.69, 9.17) is 9.84 Å². The molecule has 0 radical (unpaired) electrons. The van der Waals surface area contributed by atoms with Crippen molar-refractivity contribution in [3.05, 3.63) is 18.0 Å². The highest BCUT2D eigenvalue weighted by Gasteiger charge is 2.21. The van der Waals surface area contributed by atoms with Crippen LogP contribution in [0.2, 0.25) is 0 Å². The Morgan fingerprint density at radius 2 is 2.05 bits per heavy atom. The molecule has 2 rings (SSSR count). The van der Waals surface area contributed by atoms with E-state index in [0.717, 1.165) is 37.9 Å². The van der Waals surface area contributed by atoms with Crippen LogP contribution in [0.15, 0.2) is 12.3 Å². The van der Waals surface area contributed by atoms with Gasteiger partial charge < -0.3 is 14.6 Å². The van der Waals surface area contributed by atoms with Gasteiger partial charge in [0, 0.05) is 6.07 Å². The van der Waals surface area contributed by atoms with E-state index >= 15 is 0 Å². The van der Waals surface area contributed by atoms with Crippen molar-refractivity contribution >= 4 is 5.97 Å². The number of aromatic nitrogens is 1. The van der Waals surface area contributed by atoms with Gasteiger partial charge in [0.25, 0.3) is 0 Å². The highest BCUT2D eigenvalue weighted by atomic mass is 19.3. The van der Waals surface area contributed by atoms with E-state index in [0.29, 0.717) is 0 Å². The molecule has 1 fully saturated rings. The summed E-state index contributed by atoms with van der Waals surface area (Å²) in [7, 11) is 0. The van der Waals surface area contributed by atoms with E-state index in [9.17, 15) is 13.6 Å². The number of halogens is 2. The van der Waals surface area contributed by atoms with Crippen LogP contribution < -0.4 is 9.47 Å². The molecule has 0 aliphatic heterocycles. The number of carboxylic acids is 1. The second kappa shape index (κ2) is 5.81. The van der Waals surface area contributed by atoms with E-state index in [1.165, 1.54) is 0 Å². The smallest absolute Gasteiger partial charge is 0.387 e. The molecule has 0 bridgehead atoms. The first-order valence-corrected chi connectivity index (χ1v) is 5.91. The number of carboxylic acid groups (broad SMARTS) is 1. The number of ether oxygens (including phenoxy) is 2. The largest absolute Gasteiger partial charge is 0.486 e. The van der Waals surface area contributed by atoms with Crippen LogP contribution in [0.25, 0.3) is 0 Å². The Morgan fingerprint density at radius 3 is 2.63 bits per heavy atom. The molecule has 7 heteroatoms. The van der Waals surface area contributed by atoms with Crippen LogP contribution in [0.1, 0.15) is 36.2 Å². The summed E-state index contributed by atoms with van der Waals surface area (Å²) in [6.45, 7) is -3.01. The van der Waals surface area contributed by atoms with Crippen molar-refractivity contribution in [2.45, 2.75) is 38.4 Å². The molecule has 1 aliphatic rings. The zero-order valence-electron chi connectivity index (χ0n) is 10.0. The first kappa shape index (κ1) is 13.5. The maximum atomic E-state index is 12.3. The van der Waals surface area contributed by atoms with Gasteiger partial charge in [-0.25, -0.2) is 9.78 Å². The molecule has 0 spiro atoms. The summed E-state index contributed by atoms with van der Waals surface area (Å²) in [5, 5.41) is 8.84. The van der Waals surface area contributed by atoms with Gasteiger partial charge in [-0.2, -0.15) is 8.78 Å². The van der Waals surface area contributed by atoms with E-state index in [2.05, 4.69) is 9.72 Å². The van der Waals surface area contributed by atoms with Crippen molar-refractivity contribution in [1.82, 2.24) is 4.98 Å². The van der Waals surface area contributed by atoms with Gasteiger partial charge in [-0.3, -0.25) is 0 Å². The van der Waals surface area contributed by atoms with Crippen molar-refractivity contribution in [3.8, 4) is 11.5 Å². The number of hydrogen-bond donors (Lipinski definition) is 1. The summed E-state index contributed by atoms with van der Waals surface area (Å²) in [6.07, 6.45) is 4.50. The van der Waals surface area contributed by atoms with Gasteiger partial charge in [-0.1, -0.05) is 0 Å². The zero-order valence-corrected chi connectivity index (χ0v) is 10.0. The minimum absolute atomic E-state index is 0.000370. The Bertz CT molecular complexity index is 461. The normalized spacial score (nSPS) is 15.7. The van der Waals surface area contributed by atoms with Crippen LogP contribution >= 0.6 is 0 Å². The van der Waals surface area contributed by atoms with Crippen LogP contribution in [-0.2, 0) is 0 Å². The van der Waals surface area contributed by atoms with Gasteiger partial charge in [0.05, 0.1) is 12.3 Å². The van der Waals surface area contributed by atoms with Crippen LogP contribution in [0, 0.1) is 0 Å². The zero-order chi connectivity index (χ0) is 13.8. The predicted octanol–water partition coefficient (Wildman–Crippen LogP) is 2.70. The third kappa shape index (κ3) is 3.52. The molecule has 1 saturated carbocycles. The summed E-state index contributed by atoms with van der Waals surface area (Å²) < 4.78 is 34.3. The van der Waals surface area contributed by atoms with Gasteiger partial charge in [-0.15, -0.1) is 0 Å². The molecule has 5 nitrogen and oxygen atoms in total. The number of nitrogens with zero attached hydrogens (tertiary/aromatic N) is 1. The van der Waals surface area contributed by atoms with Gasteiger partial charge in [-0.05, 0) is 25.7 Å². The molecule has 0 amide bonds. The SMILES string of the molecule is O=C(O)c1cc(OC2CCCC2)c(OC(F)F)cn1. The minimum Gasteiger partial charge on any atom is -0.486 e. The van der Waals surface area contributed by atoms with Gasteiger partial charge in [0.15, 0.2) is 17.2 Å². The molecule has 1 aliphatic carbocycles. The third-order valence-corrected chi connectivity index (χ3v) is 2.86. The number of pyridine rings is 1. The molecule has 19 heavy (non-hydrogen) atoms. The summed E-state index contributed by atoms with van der Waals surface area (Å²) in [5.41, 5.74) is -0.269. The number of hydrogen-bond acceptors (Lipinski definition) is 4. The van der Waals surface area contributed by atoms with E-state index < -0.39 is 12.6 Å². The van der Waals surface area contributed by atoms with Crippen LogP contribution in [0.5, 0.6) is 11.5 Å². The molecule has 0 atom stereocenters. The predicted molar refractivity (Wildman–Crippen MR) is 60.7 cm³/mol. The number of carbonyl (C=O) groups is 1. The molecule has 1 aromatic heterocycles. The van der Waals surface area contributed by atoms with Crippen molar-refractivity contribution in [2.75, 3.05) is 0 Å². The average molecular weight is 273 g/mol. The maximum Gasteiger partial charge on any atom is 0.387 e. The van der Waals surface area contributed by atoms with E-state index in [1.807, 2.05) is 0 Å². The van der Waals surface area contributed by atoms with Crippen LogP contribution in [0.4, 0.5) is 8.78 Å². The quantitative estimate of drug-likeness (QED) is 0.893. The highest BCUT2D eigenvalue weighted by Crippen LogP contribution is 2.32. The number of alkyl halides is 2. The lowest BCUT2D eigenvalue weighted by molar-refractivity contribution is -0.0523. The summed E-state index contributed by atoms with van der Waals surface area (Å²) in [4.78, 5) is 14.3. The van der Waals surface area contributed by atoms with Crippen LogP contribution in [-0.4, -0.2) is 28.8 Å². The summed E-state index contributed by atoms with van der Waals surface area (Å²) >= 11 is 0. The fourth-order valence-corrected chi connectivity index (χ4v) is 2.00. The Kier molecular flexibility index (Phi) is 4.13. The van der Waals surface area contributed by atoms with Gasteiger partial charge in [0.1, 0.15) is 0 Å². The molecule has 0 saturated heterocycles. The second-order valence-corrected chi connectivity index (χ2v) is 4.22. The van der Waals surface area contributed by atoms with E-state index in [1.54, 1.807) is 0 Å². The first-order valence-electron chi connectivity index (χ1n) is 5.91. The van der Waals surface area contributed by atoms with E-state index in [-0.39, 0.29) is 23.3 Å². The van der Waals surface area contributed by atoms with Crippen molar-refractivity contribution < 1.29 is 28.2 Å². The molecule has 0 unspecified atom stereocenters. The van der Waals surface area contributed by atoms with Crippen molar-refractivity contribution in [1.29, 1.82) is 0 Å². The average Bonchev–Trinajstić information content (AvgIpc) is 2.83. The highest BCUT2D eigenvalue weighted by molar-refractivity contribution is 5.86. The second-order valence-electron chi connectivity index (χ2n) is 4.22. The summed E-state index contributed by atoms with van der Waals surface area (Å²) in [6, 6.07) is 1.11. The summed E-state index contributed by atoms with van der Waals surface area (Å²) in [5.74, 6) is -1.49. The molecular formula is C12H13F2NO4. The van der Waals surface area contributed by atoms with Crippen molar-refractivity contribution in [2.24, 2.45) is 0 Å². The Hall–Kier alpha value is -1.92. The minimum atomic E-state index is -3.01. The van der Waals surface area contributed by atoms with Gasteiger partial charge >= 0.3 is 12.6 Å². The molecule has 1 N–H and O–H groups in total. The Balaban J connectivity index is 2.23. The molecular weight excluding hydrogens is 260 g/mol. The van der Waals surface area contributed by atoms with Crippen molar-refractivity contribution in [3.63, 3.8) is 0 Å². The number of aromatic carboxylic acids is 1. The molecule has 1 heterocycles. The maximum absolute atomic E-state index is 12.3. The van der Waals surface area contributed by atoms with Gasteiger partial charge in [0.2, 0.25) is 0 Å². The molecule has 0 aromatic carbocycles. The monoisotopic (exact) mass is 273 g/mol. The standard InChI is InChI=1S/C12H13F2NO4/c13-12(14)19-10-6-15-8(11(16)17)5-9(10)18-7-3-1-2-4-7/h5-7,12H,1-4H2,(H,16,17). The van der Waals surface area contributed by atoms with Crippen LogP contribution in [0.3, 0.4) is 0 Å². The Labute approximate surface area is 108 Å². The molecule has 104 valence electrons. The topological polar surface area (TPSA) is 68.7 Å². The fraction of sp³-hybridized carbons (Fsp3) is 0.500. The third-order valence-electron chi connectivity index (χ3n) is 2.86. The Morgan fingerprint density at radius 1 is 1.37 bits per heavy atom. The lowest BCUT2D eigenvalue weighted by Crippen LogP contribution is -2.14. The lowest BCUT2D eigenvalue weighted by atomic mass is 10.3. The first-order chi connectivity index (χ1) is 9.06. The number of rotatable bonds is 5. The lowest BCUT2D eigenvalue weighted by Gasteiger charge is -2.16.